The third kappa shape index (κ3) is 3.58. The van der Waals surface area contributed by atoms with E-state index in [1.807, 2.05) is 30.1 Å². The van der Waals surface area contributed by atoms with Gasteiger partial charge in [-0.1, -0.05) is 18.2 Å². The topological polar surface area (TPSA) is 37.4 Å². The van der Waals surface area contributed by atoms with Crippen LogP contribution in [-0.4, -0.2) is 28.3 Å². The highest BCUT2D eigenvalue weighted by Gasteiger charge is 2.15. The van der Waals surface area contributed by atoms with Crippen LogP contribution >= 0.6 is 11.3 Å². The molecule has 0 fully saturated rings. The Morgan fingerprint density at radius 2 is 1.89 bits per heavy atom. The molecule has 0 spiro atoms. The molecular formula is C14H17NO2S2. The van der Waals surface area contributed by atoms with Gasteiger partial charge in [-0.15, -0.1) is 11.3 Å². The maximum absolute atomic E-state index is 11.8. The first kappa shape index (κ1) is 14.1. The maximum atomic E-state index is 11.8. The number of sulfone groups is 1. The van der Waals surface area contributed by atoms with E-state index in [1.165, 1.54) is 11.1 Å². The van der Waals surface area contributed by atoms with Gasteiger partial charge in [-0.05, 0) is 30.0 Å². The van der Waals surface area contributed by atoms with Crippen LogP contribution < -0.4 is 4.90 Å². The fraction of sp³-hybridized carbons (Fsp3) is 0.286. The molecule has 3 nitrogen and oxygen atoms in total. The molecule has 19 heavy (non-hydrogen) atoms. The van der Waals surface area contributed by atoms with E-state index in [1.54, 1.807) is 23.5 Å². The molecule has 0 atom stereocenters. The summed E-state index contributed by atoms with van der Waals surface area (Å²) in [5.74, 6) is 0. The fourth-order valence-electron chi connectivity index (χ4n) is 1.94. The van der Waals surface area contributed by atoms with Gasteiger partial charge in [0.05, 0.1) is 10.6 Å². The molecule has 1 heterocycles. The molecule has 0 N–H and O–H groups in total. The molecule has 0 aliphatic heterocycles. The van der Waals surface area contributed by atoms with Gasteiger partial charge in [0.1, 0.15) is 0 Å². The van der Waals surface area contributed by atoms with Crippen molar-refractivity contribution in [3.05, 3.63) is 46.7 Å². The Morgan fingerprint density at radius 3 is 2.53 bits per heavy atom. The van der Waals surface area contributed by atoms with Crippen LogP contribution in [0.4, 0.5) is 5.69 Å². The Hall–Kier alpha value is -1.33. The van der Waals surface area contributed by atoms with Gasteiger partial charge >= 0.3 is 0 Å². The minimum Gasteiger partial charge on any atom is -0.373 e. The monoisotopic (exact) mass is 295 g/mol. The Kier molecular flexibility index (Phi) is 4.27. The van der Waals surface area contributed by atoms with Crippen LogP contribution in [0.15, 0.2) is 46.7 Å². The Bertz CT molecular complexity index is 633. The van der Waals surface area contributed by atoms with Gasteiger partial charge in [-0.25, -0.2) is 8.42 Å². The lowest BCUT2D eigenvalue weighted by Crippen LogP contribution is -2.22. The van der Waals surface area contributed by atoms with Crippen molar-refractivity contribution in [1.82, 2.24) is 0 Å². The first-order chi connectivity index (χ1) is 8.98. The highest BCUT2D eigenvalue weighted by Crippen LogP contribution is 2.24. The molecule has 2 aromatic rings. The van der Waals surface area contributed by atoms with Crippen LogP contribution in [0.25, 0.3) is 0 Å². The van der Waals surface area contributed by atoms with Crippen LogP contribution in [0.1, 0.15) is 4.88 Å². The number of anilines is 1. The van der Waals surface area contributed by atoms with Gasteiger partial charge in [0.2, 0.25) is 0 Å². The molecule has 0 unspecified atom stereocenters. The van der Waals surface area contributed by atoms with E-state index >= 15 is 0 Å². The smallest absolute Gasteiger partial charge is 0.177 e. The normalized spacial score (nSPS) is 11.5. The average Bonchev–Trinajstić information content (AvgIpc) is 2.88. The van der Waals surface area contributed by atoms with Crippen molar-refractivity contribution < 1.29 is 8.42 Å². The first-order valence-corrected chi connectivity index (χ1v) is 8.78. The highest BCUT2D eigenvalue weighted by atomic mass is 32.2. The summed E-state index contributed by atoms with van der Waals surface area (Å²) in [7, 11) is -1.26. The minimum absolute atomic E-state index is 0.392. The van der Waals surface area contributed by atoms with Crippen molar-refractivity contribution in [3.63, 3.8) is 0 Å². The van der Waals surface area contributed by atoms with Gasteiger partial charge < -0.3 is 4.90 Å². The zero-order valence-electron chi connectivity index (χ0n) is 11.0. The highest BCUT2D eigenvalue weighted by molar-refractivity contribution is 7.90. The molecule has 0 bridgehead atoms. The van der Waals surface area contributed by atoms with E-state index in [-0.39, 0.29) is 0 Å². The first-order valence-electron chi connectivity index (χ1n) is 6.01. The van der Waals surface area contributed by atoms with Gasteiger partial charge in [0.15, 0.2) is 9.84 Å². The Balaban J connectivity index is 2.17. The zero-order chi connectivity index (χ0) is 13.9. The zero-order valence-corrected chi connectivity index (χ0v) is 12.7. The predicted molar refractivity (Wildman–Crippen MR) is 80.8 cm³/mol. The number of rotatable bonds is 5. The molecule has 1 aromatic heterocycles. The van der Waals surface area contributed by atoms with E-state index in [4.69, 9.17) is 0 Å². The van der Waals surface area contributed by atoms with Crippen molar-refractivity contribution in [3.8, 4) is 0 Å². The molecular weight excluding hydrogens is 278 g/mol. The number of nitrogens with zero attached hydrogens (tertiary/aromatic N) is 1. The van der Waals surface area contributed by atoms with Crippen LogP contribution in [0.5, 0.6) is 0 Å². The molecule has 0 radical (unpaired) electrons. The van der Waals surface area contributed by atoms with Crippen molar-refractivity contribution in [2.75, 3.05) is 24.7 Å². The van der Waals surface area contributed by atoms with Gasteiger partial charge in [0.25, 0.3) is 0 Å². The lowest BCUT2D eigenvalue weighted by molar-refractivity contribution is 0.601. The molecule has 5 heteroatoms. The second-order valence-electron chi connectivity index (χ2n) is 4.49. The largest absolute Gasteiger partial charge is 0.373 e. The van der Waals surface area contributed by atoms with Crippen molar-refractivity contribution in [1.29, 1.82) is 0 Å². The lowest BCUT2D eigenvalue weighted by atomic mass is 10.2. The summed E-state index contributed by atoms with van der Waals surface area (Å²) in [6, 6.07) is 11.3. The number of thiophene rings is 1. The molecule has 0 saturated carbocycles. The van der Waals surface area contributed by atoms with E-state index in [2.05, 4.69) is 11.4 Å². The number of benzene rings is 1. The Morgan fingerprint density at radius 1 is 1.16 bits per heavy atom. The summed E-state index contributed by atoms with van der Waals surface area (Å²) in [6.45, 7) is 0.799. The third-order valence-electron chi connectivity index (χ3n) is 2.95. The van der Waals surface area contributed by atoms with Gasteiger partial charge in [-0.3, -0.25) is 0 Å². The third-order valence-corrected chi connectivity index (χ3v) is 5.03. The van der Waals surface area contributed by atoms with E-state index in [0.717, 1.165) is 18.7 Å². The summed E-state index contributed by atoms with van der Waals surface area (Å²) in [5.41, 5.74) is 0.765. The maximum Gasteiger partial charge on any atom is 0.177 e. The van der Waals surface area contributed by atoms with Crippen LogP contribution in [0.3, 0.4) is 0 Å². The quantitative estimate of drug-likeness (QED) is 0.851. The number of para-hydroxylation sites is 1. The van der Waals surface area contributed by atoms with Crippen molar-refractivity contribution in [2.45, 2.75) is 11.3 Å². The molecule has 0 aliphatic carbocycles. The standard InChI is InChI=1S/C14H17NO2S2/c1-15(10-9-12-6-5-11-18-12)13-7-3-4-8-14(13)19(2,16)17/h3-8,11H,9-10H2,1-2H3. The number of likely N-dealkylation sites (N-methyl/N-ethyl adjacent to an activating group) is 1. The molecule has 0 saturated heterocycles. The SMILES string of the molecule is CN(CCc1cccs1)c1ccccc1S(C)(=O)=O. The van der Waals surface area contributed by atoms with Crippen LogP contribution in [0, 0.1) is 0 Å². The number of hydrogen-bond acceptors (Lipinski definition) is 4. The summed E-state index contributed by atoms with van der Waals surface area (Å²) in [6.07, 6.45) is 2.17. The van der Waals surface area contributed by atoms with E-state index in [0.29, 0.717) is 4.90 Å². The minimum atomic E-state index is -3.19. The van der Waals surface area contributed by atoms with Crippen molar-refractivity contribution >= 4 is 26.9 Å². The second-order valence-corrected chi connectivity index (χ2v) is 7.51. The summed E-state index contributed by atoms with van der Waals surface area (Å²) >= 11 is 1.72. The summed E-state index contributed by atoms with van der Waals surface area (Å²) in [5, 5.41) is 2.06. The predicted octanol–water partition coefficient (Wildman–Crippen LogP) is 2.83. The molecule has 1 aromatic carbocycles. The van der Waals surface area contributed by atoms with Crippen LogP contribution in [-0.2, 0) is 16.3 Å². The van der Waals surface area contributed by atoms with E-state index in [9.17, 15) is 8.42 Å². The summed E-state index contributed by atoms with van der Waals surface area (Å²) in [4.78, 5) is 3.70. The molecule has 2 rings (SSSR count). The summed E-state index contributed by atoms with van der Waals surface area (Å²) < 4.78 is 23.5. The molecule has 0 amide bonds. The van der Waals surface area contributed by atoms with Crippen LogP contribution in [0.2, 0.25) is 0 Å². The van der Waals surface area contributed by atoms with Gasteiger partial charge in [0, 0.05) is 24.7 Å². The Labute approximate surface area is 118 Å². The molecule has 0 aliphatic rings. The average molecular weight is 295 g/mol. The lowest BCUT2D eigenvalue weighted by Gasteiger charge is -2.21. The second kappa shape index (κ2) is 5.75. The fourth-order valence-corrected chi connectivity index (χ4v) is 3.57. The molecule has 102 valence electrons. The van der Waals surface area contributed by atoms with Gasteiger partial charge in [-0.2, -0.15) is 0 Å². The van der Waals surface area contributed by atoms with E-state index < -0.39 is 9.84 Å². The number of hydrogen-bond donors (Lipinski definition) is 0. The van der Waals surface area contributed by atoms with Crippen molar-refractivity contribution in [2.24, 2.45) is 0 Å².